The summed E-state index contributed by atoms with van der Waals surface area (Å²) >= 11 is 0. The third kappa shape index (κ3) is 1.59. The Morgan fingerprint density at radius 2 is 1.93 bits per heavy atom. The van der Waals surface area contributed by atoms with Gasteiger partial charge in [-0.2, -0.15) is 4.98 Å². The van der Waals surface area contributed by atoms with Crippen molar-refractivity contribution in [2.45, 2.75) is 6.92 Å². The van der Waals surface area contributed by atoms with E-state index in [1.165, 1.54) is 0 Å². The van der Waals surface area contributed by atoms with E-state index in [1.807, 2.05) is 24.3 Å². The van der Waals surface area contributed by atoms with E-state index < -0.39 is 0 Å². The lowest BCUT2D eigenvalue weighted by molar-refractivity contribution is 0.414. The van der Waals surface area contributed by atoms with Gasteiger partial charge in [0, 0.05) is 5.56 Å². The quantitative estimate of drug-likeness (QED) is 0.727. The summed E-state index contributed by atoms with van der Waals surface area (Å²) < 4.78 is 10.1. The Balaban J connectivity index is 2.33. The molecule has 0 spiro atoms. The highest BCUT2D eigenvalue weighted by Crippen LogP contribution is 2.20. The average Bonchev–Trinajstić information content (AvgIpc) is 2.65. The van der Waals surface area contributed by atoms with E-state index in [0.717, 1.165) is 11.3 Å². The van der Waals surface area contributed by atoms with Crippen molar-refractivity contribution in [3.8, 4) is 17.2 Å². The highest BCUT2D eigenvalue weighted by molar-refractivity contribution is 5.54. The van der Waals surface area contributed by atoms with Crippen LogP contribution in [-0.4, -0.2) is 17.3 Å². The first-order valence-electron chi connectivity index (χ1n) is 4.24. The minimum atomic E-state index is 0.533. The summed E-state index contributed by atoms with van der Waals surface area (Å²) in [7, 11) is 1.63. The van der Waals surface area contributed by atoms with Gasteiger partial charge in [-0.05, 0) is 31.2 Å². The molecule has 0 aliphatic heterocycles. The molecule has 0 aliphatic carbocycles. The van der Waals surface area contributed by atoms with Crippen molar-refractivity contribution in [2.75, 3.05) is 7.11 Å². The second-order valence-corrected chi connectivity index (χ2v) is 2.88. The van der Waals surface area contributed by atoms with Gasteiger partial charge in [0.25, 0.3) is 5.89 Å². The van der Waals surface area contributed by atoms with Gasteiger partial charge in [0.15, 0.2) is 5.82 Å². The first-order valence-corrected chi connectivity index (χ1v) is 4.24. The smallest absolute Gasteiger partial charge is 0.257 e. The van der Waals surface area contributed by atoms with Crippen molar-refractivity contribution in [1.82, 2.24) is 10.1 Å². The number of hydrogen-bond acceptors (Lipinski definition) is 4. The summed E-state index contributed by atoms with van der Waals surface area (Å²) in [5, 5.41) is 3.72. The second-order valence-electron chi connectivity index (χ2n) is 2.88. The largest absolute Gasteiger partial charge is 0.497 e. The van der Waals surface area contributed by atoms with E-state index in [-0.39, 0.29) is 0 Å². The summed E-state index contributed by atoms with van der Waals surface area (Å²) in [5.74, 6) is 1.98. The lowest BCUT2D eigenvalue weighted by Crippen LogP contribution is -1.82. The van der Waals surface area contributed by atoms with Crippen LogP contribution in [0.5, 0.6) is 5.75 Å². The molecule has 0 radical (unpaired) electrons. The van der Waals surface area contributed by atoms with Gasteiger partial charge in [-0.3, -0.25) is 0 Å². The standard InChI is InChI=1S/C10H10N2O2/c1-7-11-10(14-12-7)8-3-5-9(13-2)6-4-8/h3-6H,1-2H3. The number of nitrogens with zero attached hydrogens (tertiary/aromatic N) is 2. The number of methoxy groups -OCH3 is 1. The third-order valence-corrected chi connectivity index (χ3v) is 1.86. The summed E-state index contributed by atoms with van der Waals surface area (Å²) in [5.41, 5.74) is 0.895. The zero-order chi connectivity index (χ0) is 9.97. The van der Waals surface area contributed by atoms with Gasteiger partial charge in [-0.25, -0.2) is 0 Å². The Bertz CT molecular complexity index is 420. The second kappa shape index (κ2) is 3.49. The topological polar surface area (TPSA) is 48.2 Å². The molecule has 0 saturated heterocycles. The number of ether oxygens (including phenoxy) is 1. The maximum absolute atomic E-state index is 5.04. The molecule has 0 aliphatic rings. The normalized spacial score (nSPS) is 10.1. The van der Waals surface area contributed by atoms with Gasteiger partial charge in [-0.1, -0.05) is 5.16 Å². The minimum Gasteiger partial charge on any atom is -0.497 e. The molecule has 4 heteroatoms. The van der Waals surface area contributed by atoms with Crippen LogP contribution < -0.4 is 4.74 Å². The van der Waals surface area contributed by atoms with Crippen LogP contribution in [0.1, 0.15) is 5.82 Å². The number of rotatable bonds is 2. The Morgan fingerprint density at radius 1 is 1.21 bits per heavy atom. The van der Waals surface area contributed by atoms with Crippen LogP contribution in [0.15, 0.2) is 28.8 Å². The van der Waals surface area contributed by atoms with E-state index in [2.05, 4.69) is 10.1 Å². The minimum absolute atomic E-state index is 0.533. The number of aryl methyl sites for hydroxylation is 1. The lowest BCUT2D eigenvalue weighted by atomic mass is 10.2. The van der Waals surface area contributed by atoms with E-state index in [0.29, 0.717) is 11.7 Å². The molecule has 0 fully saturated rings. The number of hydrogen-bond donors (Lipinski definition) is 0. The van der Waals surface area contributed by atoms with Gasteiger partial charge < -0.3 is 9.26 Å². The van der Waals surface area contributed by atoms with E-state index in [9.17, 15) is 0 Å². The van der Waals surface area contributed by atoms with Crippen LogP contribution >= 0.6 is 0 Å². The van der Waals surface area contributed by atoms with Crippen molar-refractivity contribution in [1.29, 1.82) is 0 Å². The van der Waals surface area contributed by atoms with Gasteiger partial charge in [0.1, 0.15) is 5.75 Å². The summed E-state index contributed by atoms with van der Waals surface area (Å²) in [6.07, 6.45) is 0. The summed E-state index contributed by atoms with van der Waals surface area (Å²) in [6.45, 7) is 1.79. The molecule has 0 amide bonds. The van der Waals surface area contributed by atoms with E-state index >= 15 is 0 Å². The van der Waals surface area contributed by atoms with Crippen molar-refractivity contribution < 1.29 is 9.26 Å². The molecule has 4 nitrogen and oxygen atoms in total. The van der Waals surface area contributed by atoms with Gasteiger partial charge in [0.2, 0.25) is 0 Å². The van der Waals surface area contributed by atoms with Crippen molar-refractivity contribution in [2.24, 2.45) is 0 Å². The number of benzene rings is 1. The zero-order valence-electron chi connectivity index (χ0n) is 8.02. The molecule has 0 unspecified atom stereocenters. The van der Waals surface area contributed by atoms with Gasteiger partial charge in [-0.15, -0.1) is 0 Å². The van der Waals surface area contributed by atoms with Crippen LogP contribution in [-0.2, 0) is 0 Å². The van der Waals surface area contributed by atoms with Crippen LogP contribution in [0.25, 0.3) is 11.5 Å². The molecule has 1 aromatic carbocycles. The molecule has 14 heavy (non-hydrogen) atoms. The maximum atomic E-state index is 5.04. The highest BCUT2D eigenvalue weighted by atomic mass is 16.5. The monoisotopic (exact) mass is 190 g/mol. The van der Waals surface area contributed by atoms with Crippen LogP contribution in [0, 0.1) is 6.92 Å². The van der Waals surface area contributed by atoms with Crippen molar-refractivity contribution >= 4 is 0 Å². The highest BCUT2D eigenvalue weighted by Gasteiger charge is 2.05. The fraction of sp³-hybridized carbons (Fsp3) is 0.200. The van der Waals surface area contributed by atoms with Gasteiger partial charge in [0.05, 0.1) is 7.11 Å². The Kier molecular flexibility index (Phi) is 2.18. The summed E-state index contributed by atoms with van der Waals surface area (Å²) in [6, 6.07) is 7.47. The molecule has 2 rings (SSSR count). The van der Waals surface area contributed by atoms with E-state index in [1.54, 1.807) is 14.0 Å². The molecule has 72 valence electrons. The molecule has 2 aromatic rings. The Labute approximate surface area is 81.5 Å². The first kappa shape index (κ1) is 8.74. The third-order valence-electron chi connectivity index (χ3n) is 1.86. The van der Waals surface area contributed by atoms with Crippen LogP contribution in [0.4, 0.5) is 0 Å². The van der Waals surface area contributed by atoms with Crippen LogP contribution in [0.3, 0.4) is 0 Å². The lowest BCUT2D eigenvalue weighted by Gasteiger charge is -1.98. The Morgan fingerprint density at radius 3 is 2.43 bits per heavy atom. The molecule has 0 N–H and O–H groups in total. The molecular weight excluding hydrogens is 180 g/mol. The SMILES string of the molecule is COc1ccc(-c2nc(C)no2)cc1. The maximum Gasteiger partial charge on any atom is 0.257 e. The first-order chi connectivity index (χ1) is 6.79. The fourth-order valence-electron chi connectivity index (χ4n) is 1.15. The average molecular weight is 190 g/mol. The predicted molar refractivity (Wildman–Crippen MR) is 51.0 cm³/mol. The fourth-order valence-corrected chi connectivity index (χ4v) is 1.15. The molecule has 0 bridgehead atoms. The summed E-state index contributed by atoms with van der Waals surface area (Å²) in [4.78, 5) is 4.12. The molecule has 1 heterocycles. The van der Waals surface area contributed by atoms with Crippen LogP contribution in [0.2, 0.25) is 0 Å². The van der Waals surface area contributed by atoms with Gasteiger partial charge >= 0.3 is 0 Å². The Hall–Kier alpha value is -1.84. The van der Waals surface area contributed by atoms with Crippen molar-refractivity contribution in [3.05, 3.63) is 30.1 Å². The zero-order valence-corrected chi connectivity index (χ0v) is 8.02. The van der Waals surface area contributed by atoms with E-state index in [4.69, 9.17) is 9.26 Å². The molecule has 0 atom stereocenters. The van der Waals surface area contributed by atoms with Crippen molar-refractivity contribution in [3.63, 3.8) is 0 Å². The molecular formula is C10H10N2O2. The molecule has 0 saturated carbocycles. The molecule has 1 aromatic heterocycles. The number of aromatic nitrogens is 2. The predicted octanol–water partition coefficient (Wildman–Crippen LogP) is 2.05.